The van der Waals surface area contributed by atoms with Gasteiger partial charge in [-0.15, -0.1) is 0 Å². The van der Waals surface area contributed by atoms with E-state index in [1.54, 1.807) is 13.8 Å². The van der Waals surface area contributed by atoms with E-state index in [0.717, 1.165) is 0 Å². The van der Waals surface area contributed by atoms with Gasteiger partial charge in [-0.25, -0.2) is 4.98 Å². The number of nitrogens with zero attached hydrogens (tertiary/aromatic N) is 3. The van der Waals surface area contributed by atoms with Crippen LogP contribution in [0.2, 0.25) is 0 Å². The molecule has 0 bridgehead atoms. The minimum atomic E-state index is 0.0962. The first kappa shape index (κ1) is 20.7. The van der Waals surface area contributed by atoms with Crippen molar-refractivity contribution in [1.82, 2.24) is 15.8 Å². The molecule has 22 heavy (non-hydrogen) atoms. The van der Waals surface area contributed by atoms with Crippen molar-refractivity contribution in [3.63, 3.8) is 0 Å². The Hall–Kier alpha value is -1.32. The van der Waals surface area contributed by atoms with Crippen molar-refractivity contribution in [2.45, 2.75) is 13.8 Å². The first-order valence-corrected chi connectivity index (χ1v) is 7.80. The van der Waals surface area contributed by atoms with Gasteiger partial charge >= 0.3 is 25.2 Å². The number of halogens is 1. The van der Waals surface area contributed by atoms with Crippen molar-refractivity contribution in [2.75, 3.05) is 0 Å². The Morgan fingerprint density at radius 1 is 1.05 bits per heavy atom. The van der Waals surface area contributed by atoms with Crippen molar-refractivity contribution in [1.29, 1.82) is 0 Å². The first-order valence-electron chi connectivity index (χ1n) is 5.69. The SMILES string of the molecule is CC(=NNC(N)=S)c1cccc(C(C)=NNC(N)=S)n1.[Cl][Cu+]. The Bertz CT molecular complexity index is 544. The molecule has 1 rings (SSSR count). The van der Waals surface area contributed by atoms with Gasteiger partial charge in [0.05, 0.1) is 22.8 Å². The third kappa shape index (κ3) is 8.20. The van der Waals surface area contributed by atoms with E-state index in [4.69, 9.17) is 11.5 Å². The van der Waals surface area contributed by atoms with Gasteiger partial charge in [-0.1, -0.05) is 6.07 Å². The standard InChI is InChI=1S/C11H15N7S2.ClH.Cu/c1-6(15-17-10(12)19)8-4-3-5-9(14-8)7(2)16-18-11(13)20;;/h3-5H,1-2H3,(H3,12,17,19)(H3,13,18,20);1H;/q;;+2/p-1. The molecule has 1 aromatic heterocycles. The van der Waals surface area contributed by atoms with Gasteiger partial charge in [0, 0.05) is 0 Å². The Balaban J connectivity index is 0.00000211. The normalized spacial score (nSPS) is 11.1. The van der Waals surface area contributed by atoms with Crippen LogP contribution >= 0.6 is 34.5 Å². The molecule has 0 amide bonds. The van der Waals surface area contributed by atoms with Crippen LogP contribution in [-0.4, -0.2) is 26.6 Å². The van der Waals surface area contributed by atoms with Gasteiger partial charge in [-0.3, -0.25) is 10.9 Å². The summed E-state index contributed by atoms with van der Waals surface area (Å²) in [6.45, 7) is 3.58. The van der Waals surface area contributed by atoms with Crippen LogP contribution in [0.3, 0.4) is 0 Å². The van der Waals surface area contributed by atoms with Crippen LogP contribution in [-0.2, 0) is 15.1 Å². The van der Waals surface area contributed by atoms with Crippen molar-refractivity contribution in [3.05, 3.63) is 29.6 Å². The number of hydrazone groups is 2. The van der Waals surface area contributed by atoms with Gasteiger partial charge in [0.15, 0.2) is 10.2 Å². The fourth-order valence-corrected chi connectivity index (χ4v) is 1.32. The first-order chi connectivity index (χ1) is 10.4. The fourth-order valence-electron chi connectivity index (χ4n) is 1.23. The topological polar surface area (TPSA) is 114 Å². The molecule has 7 nitrogen and oxygen atoms in total. The second kappa shape index (κ2) is 11.3. The average molecular weight is 408 g/mol. The van der Waals surface area contributed by atoms with E-state index < -0.39 is 0 Å². The number of pyridine rings is 1. The van der Waals surface area contributed by atoms with Gasteiger partial charge < -0.3 is 11.5 Å². The molecule has 0 saturated carbocycles. The van der Waals surface area contributed by atoms with Crippen LogP contribution in [0.1, 0.15) is 25.2 Å². The third-order valence-corrected chi connectivity index (χ3v) is 2.34. The number of nitrogens with one attached hydrogen (secondary N) is 2. The maximum atomic E-state index is 5.31. The number of rotatable bonds is 4. The molecule has 0 atom stereocenters. The number of nitrogens with two attached hydrogens (primary N) is 2. The summed E-state index contributed by atoms with van der Waals surface area (Å²) in [5, 5.41) is 8.21. The molecule has 123 valence electrons. The van der Waals surface area contributed by atoms with E-state index in [2.05, 4.69) is 75.7 Å². The molecule has 0 saturated heterocycles. The molecule has 0 aliphatic heterocycles. The van der Waals surface area contributed by atoms with Crippen molar-refractivity contribution in [2.24, 2.45) is 21.7 Å². The van der Waals surface area contributed by atoms with E-state index in [9.17, 15) is 0 Å². The molecular weight excluding hydrogens is 393 g/mol. The second-order valence-electron chi connectivity index (χ2n) is 3.75. The summed E-state index contributed by atoms with van der Waals surface area (Å²) in [6.07, 6.45) is 0. The second-order valence-corrected chi connectivity index (χ2v) is 4.63. The number of hydrogen-bond acceptors (Lipinski definition) is 5. The van der Waals surface area contributed by atoms with E-state index in [-0.39, 0.29) is 10.2 Å². The van der Waals surface area contributed by atoms with E-state index >= 15 is 0 Å². The van der Waals surface area contributed by atoms with Crippen LogP contribution in [0, 0.1) is 0 Å². The molecule has 0 aromatic carbocycles. The Morgan fingerprint density at radius 2 is 1.41 bits per heavy atom. The summed E-state index contributed by atoms with van der Waals surface area (Å²) in [6, 6.07) is 5.48. The Morgan fingerprint density at radius 3 is 1.73 bits per heavy atom. The van der Waals surface area contributed by atoms with Crippen molar-refractivity contribution < 1.29 is 15.1 Å². The number of hydrogen-bond donors (Lipinski definition) is 4. The number of thiocarbonyl (C=S) groups is 2. The van der Waals surface area contributed by atoms with Crippen LogP contribution in [0.5, 0.6) is 0 Å². The molecule has 0 radical (unpaired) electrons. The van der Waals surface area contributed by atoms with Gasteiger partial charge in [0.1, 0.15) is 0 Å². The predicted molar refractivity (Wildman–Crippen MR) is 94.4 cm³/mol. The zero-order valence-electron chi connectivity index (χ0n) is 11.7. The summed E-state index contributed by atoms with van der Waals surface area (Å²) in [5.74, 6) is 0. The average Bonchev–Trinajstić information content (AvgIpc) is 2.52. The van der Waals surface area contributed by atoms with Gasteiger partial charge in [-0.2, -0.15) is 10.2 Å². The molecule has 0 aliphatic rings. The summed E-state index contributed by atoms with van der Waals surface area (Å²) in [5.41, 5.74) is 18.3. The number of aromatic nitrogens is 1. The molecule has 11 heteroatoms. The van der Waals surface area contributed by atoms with E-state index in [0.29, 0.717) is 22.8 Å². The summed E-state index contributed by atoms with van der Waals surface area (Å²) >= 11 is 13.0. The molecule has 1 aromatic rings. The van der Waals surface area contributed by atoms with Crippen LogP contribution < -0.4 is 22.3 Å². The minimum absolute atomic E-state index is 0.0962. The summed E-state index contributed by atoms with van der Waals surface area (Å²) in [4.78, 5) is 4.42. The van der Waals surface area contributed by atoms with Crippen molar-refractivity contribution in [3.8, 4) is 0 Å². The van der Waals surface area contributed by atoms with E-state index in [1.807, 2.05) is 18.2 Å². The zero-order chi connectivity index (χ0) is 17.1. The van der Waals surface area contributed by atoms with Crippen molar-refractivity contribution >= 4 is 56.2 Å². The van der Waals surface area contributed by atoms with E-state index in [1.165, 1.54) is 0 Å². The molecule has 6 N–H and O–H groups in total. The molecule has 0 unspecified atom stereocenters. The van der Waals surface area contributed by atoms with Gasteiger partial charge in [-0.05, 0) is 50.4 Å². The predicted octanol–water partition coefficient (Wildman–Crippen LogP) is 0.883. The van der Waals surface area contributed by atoms with Crippen LogP contribution in [0.25, 0.3) is 0 Å². The van der Waals surface area contributed by atoms with Gasteiger partial charge in [0.25, 0.3) is 0 Å². The summed E-state index contributed by atoms with van der Waals surface area (Å²) in [7, 11) is 4.20. The maximum absolute atomic E-state index is 5.31. The zero-order valence-corrected chi connectivity index (χ0v) is 15.1. The quantitative estimate of drug-likeness (QED) is 0.253. The molecule has 1 heterocycles. The summed E-state index contributed by atoms with van der Waals surface area (Å²) < 4.78 is 0. The molecule has 0 spiro atoms. The van der Waals surface area contributed by atoms with Gasteiger partial charge in [0.2, 0.25) is 0 Å². The van der Waals surface area contributed by atoms with Crippen LogP contribution in [0.15, 0.2) is 28.4 Å². The molecule has 0 aliphatic carbocycles. The third-order valence-electron chi connectivity index (χ3n) is 2.16. The monoisotopic (exact) mass is 407 g/mol. The Kier molecular flexibility index (Phi) is 10.6. The molecular formula is C11H15ClCuN7S2+. The molecule has 0 fully saturated rings. The Labute approximate surface area is 152 Å². The van der Waals surface area contributed by atoms with Crippen LogP contribution in [0.4, 0.5) is 0 Å². The fraction of sp³-hybridized carbons (Fsp3) is 0.182.